The van der Waals surface area contributed by atoms with Gasteiger partial charge in [0.15, 0.2) is 5.43 Å². The maximum absolute atomic E-state index is 12.5. The van der Waals surface area contributed by atoms with E-state index in [2.05, 4.69) is 56.0 Å². The molecular weight excluding hydrogens is 400 g/mol. The number of aromatic nitrogens is 3. The monoisotopic (exact) mass is 430 g/mol. The lowest BCUT2D eigenvalue weighted by atomic mass is 9.95. The molecule has 32 heavy (non-hydrogen) atoms. The van der Waals surface area contributed by atoms with Gasteiger partial charge in [-0.3, -0.25) is 4.79 Å². The van der Waals surface area contributed by atoms with Crippen LogP contribution in [0.15, 0.2) is 47.5 Å². The summed E-state index contributed by atoms with van der Waals surface area (Å²) in [5.41, 5.74) is 2.93. The minimum absolute atomic E-state index is 0.0116. The Morgan fingerprint density at radius 2 is 1.81 bits per heavy atom. The standard InChI is InChI=1S/C25H30N6O/c1-29-10-12-30(13-11-29)20-6-4-19(5-7-20)27-25-26-16-21-23(32)8-9-31(24(21)28-25)22-15-17-2-3-18(22)14-17/h4-9,16-18,22H,2-3,10-15H2,1H3,(H,26,27,28). The Morgan fingerprint density at radius 1 is 1.00 bits per heavy atom. The molecule has 0 spiro atoms. The zero-order chi connectivity index (χ0) is 21.7. The Hall–Kier alpha value is -2.93. The molecule has 0 radical (unpaired) electrons. The molecule has 2 aromatic heterocycles. The van der Waals surface area contributed by atoms with Crippen LogP contribution >= 0.6 is 0 Å². The summed E-state index contributed by atoms with van der Waals surface area (Å²) in [4.78, 5) is 26.5. The SMILES string of the molecule is CN1CCN(c2ccc(Nc3ncc4c(=O)ccn(C5CC6CCC5C6)c4n3)cc2)CC1. The quantitative estimate of drug-likeness (QED) is 0.682. The second-order valence-electron chi connectivity index (χ2n) is 9.72. The van der Waals surface area contributed by atoms with E-state index in [1.54, 1.807) is 12.3 Å². The highest BCUT2D eigenvalue weighted by atomic mass is 16.1. The molecule has 1 aliphatic heterocycles. The zero-order valence-corrected chi connectivity index (χ0v) is 18.6. The minimum Gasteiger partial charge on any atom is -0.369 e. The third kappa shape index (κ3) is 3.54. The van der Waals surface area contributed by atoms with E-state index in [4.69, 9.17) is 4.98 Å². The number of nitrogens with one attached hydrogen (secondary N) is 1. The summed E-state index contributed by atoms with van der Waals surface area (Å²) in [6.07, 6.45) is 8.77. The molecule has 1 saturated heterocycles. The Morgan fingerprint density at radius 3 is 2.53 bits per heavy atom. The van der Waals surface area contributed by atoms with E-state index in [1.165, 1.54) is 31.4 Å². The van der Waals surface area contributed by atoms with E-state index in [-0.39, 0.29) is 5.43 Å². The van der Waals surface area contributed by atoms with Crippen LogP contribution < -0.4 is 15.6 Å². The molecule has 1 N–H and O–H groups in total. The summed E-state index contributed by atoms with van der Waals surface area (Å²) in [7, 11) is 2.17. The number of anilines is 3. The molecule has 3 unspecified atom stereocenters. The van der Waals surface area contributed by atoms with Crippen molar-refractivity contribution in [1.29, 1.82) is 0 Å². The Labute approximate surface area is 188 Å². The number of nitrogens with zero attached hydrogens (tertiary/aromatic N) is 5. The summed E-state index contributed by atoms with van der Waals surface area (Å²) in [5.74, 6) is 2.07. The topological polar surface area (TPSA) is 66.3 Å². The molecule has 7 nitrogen and oxygen atoms in total. The molecule has 1 aromatic carbocycles. The lowest BCUT2D eigenvalue weighted by molar-refractivity contribution is 0.313. The van der Waals surface area contributed by atoms with Crippen molar-refractivity contribution in [1.82, 2.24) is 19.4 Å². The molecule has 3 aliphatic rings. The third-order valence-electron chi connectivity index (χ3n) is 7.72. The Bertz CT molecular complexity index is 1180. The molecule has 7 heteroatoms. The number of pyridine rings is 1. The number of hydrogen-bond acceptors (Lipinski definition) is 6. The average molecular weight is 431 g/mol. The van der Waals surface area contributed by atoms with Crippen LogP contribution in [-0.4, -0.2) is 52.7 Å². The average Bonchev–Trinajstić information content (AvgIpc) is 3.44. The fourth-order valence-corrected chi connectivity index (χ4v) is 5.88. The van der Waals surface area contributed by atoms with Gasteiger partial charge in [-0.25, -0.2) is 4.98 Å². The van der Waals surface area contributed by atoms with Crippen molar-refractivity contribution in [3.05, 3.63) is 52.9 Å². The predicted octanol–water partition coefficient (Wildman–Crippen LogP) is 3.65. The van der Waals surface area contributed by atoms with Crippen LogP contribution in [0, 0.1) is 11.8 Å². The third-order valence-corrected chi connectivity index (χ3v) is 7.72. The van der Waals surface area contributed by atoms with Crippen LogP contribution in [0.1, 0.15) is 31.7 Å². The van der Waals surface area contributed by atoms with E-state index in [9.17, 15) is 4.79 Å². The molecule has 3 fully saturated rings. The van der Waals surface area contributed by atoms with Crippen molar-refractivity contribution < 1.29 is 0 Å². The Balaban J connectivity index is 1.26. The highest BCUT2D eigenvalue weighted by molar-refractivity contribution is 5.76. The molecule has 2 aliphatic carbocycles. The molecule has 3 atom stereocenters. The van der Waals surface area contributed by atoms with Gasteiger partial charge in [-0.05, 0) is 62.4 Å². The van der Waals surface area contributed by atoms with Crippen molar-refractivity contribution >= 4 is 28.4 Å². The second-order valence-corrected chi connectivity index (χ2v) is 9.72. The van der Waals surface area contributed by atoms with Gasteiger partial charge in [-0.1, -0.05) is 6.42 Å². The maximum Gasteiger partial charge on any atom is 0.229 e. The largest absolute Gasteiger partial charge is 0.369 e. The normalized spacial score (nSPS) is 25.5. The van der Waals surface area contributed by atoms with Gasteiger partial charge in [0.05, 0.1) is 5.39 Å². The smallest absolute Gasteiger partial charge is 0.229 e. The number of likely N-dealkylation sites (N-methyl/N-ethyl adjacent to an activating group) is 1. The molecule has 2 saturated carbocycles. The highest BCUT2D eigenvalue weighted by Crippen LogP contribution is 2.51. The molecule has 0 amide bonds. The number of benzene rings is 1. The summed E-state index contributed by atoms with van der Waals surface area (Å²) < 4.78 is 2.24. The van der Waals surface area contributed by atoms with E-state index in [0.717, 1.165) is 43.4 Å². The lowest BCUT2D eigenvalue weighted by Gasteiger charge is -2.34. The van der Waals surface area contributed by atoms with Gasteiger partial charge in [0.2, 0.25) is 5.95 Å². The molecule has 166 valence electrons. The number of rotatable bonds is 4. The zero-order valence-electron chi connectivity index (χ0n) is 18.6. The van der Waals surface area contributed by atoms with Crippen LogP contribution in [0.25, 0.3) is 11.0 Å². The molecule has 2 bridgehead atoms. The first-order chi connectivity index (χ1) is 15.6. The van der Waals surface area contributed by atoms with E-state index in [0.29, 0.717) is 23.3 Å². The summed E-state index contributed by atoms with van der Waals surface area (Å²) in [5, 5.41) is 3.94. The summed E-state index contributed by atoms with van der Waals surface area (Å²) in [6, 6.07) is 10.6. The molecule has 3 heterocycles. The number of piperazine rings is 1. The highest BCUT2D eigenvalue weighted by Gasteiger charge is 2.40. The fraction of sp³-hybridized carbons (Fsp3) is 0.480. The van der Waals surface area contributed by atoms with Crippen LogP contribution in [0.3, 0.4) is 0 Å². The van der Waals surface area contributed by atoms with Gasteiger partial charge < -0.3 is 19.7 Å². The van der Waals surface area contributed by atoms with Crippen molar-refractivity contribution in [3.63, 3.8) is 0 Å². The van der Waals surface area contributed by atoms with Crippen LogP contribution in [0.4, 0.5) is 17.3 Å². The van der Waals surface area contributed by atoms with E-state index >= 15 is 0 Å². The summed E-state index contributed by atoms with van der Waals surface area (Å²) in [6.45, 7) is 4.29. The number of fused-ring (bicyclic) bond motifs is 3. The van der Waals surface area contributed by atoms with Gasteiger partial charge >= 0.3 is 0 Å². The first-order valence-corrected chi connectivity index (χ1v) is 11.8. The first-order valence-electron chi connectivity index (χ1n) is 11.8. The first kappa shape index (κ1) is 19.7. The predicted molar refractivity (Wildman–Crippen MR) is 128 cm³/mol. The van der Waals surface area contributed by atoms with Crippen LogP contribution in [0.5, 0.6) is 0 Å². The lowest BCUT2D eigenvalue weighted by Crippen LogP contribution is -2.44. The van der Waals surface area contributed by atoms with Crippen LogP contribution in [0.2, 0.25) is 0 Å². The maximum atomic E-state index is 12.5. The van der Waals surface area contributed by atoms with Gasteiger partial charge in [-0.15, -0.1) is 0 Å². The molecular formula is C25H30N6O. The van der Waals surface area contributed by atoms with Gasteiger partial charge in [-0.2, -0.15) is 4.98 Å². The second kappa shape index (κ2) is 7.89. The fourth-order valence-electron chi connectivity index (χ4n) is 5.88. The van der Waals surface area contributed by atoms with Crippen molar-refractivity contribution in [3.8, 4) is 0 Å². The van der Waals surface area contributed by atoms with Gasteiger partial charge in [0, 0.05) is 62.1 Å². The van der Waals surface area contributed by atoms with Crippen molar-refractivity contribution in [2.75, 3.05) is 43.4 Å². The van der Waals surface area contributed by atoms with E-state index < -0.39 is 0 Å². The van der Waals surface area contributed by atoms with Gasteiger partial charge in [0.1, 0.15) is 5.65 Å². The molecule has 6 rings (SSSR count). The van der Waals surface area contributed by atoms with Crippen molar-refractivity contribution in [2.45, 2.75) is 31.7 Å². The Kier molecular flexibility index (Phi) is 4.86. The summed E-state index contributed by atoms with van der Waals surface area (Å²) >= 11 is 0. The molecule has 3 aromatic rings. The number of hydrogen-bond donors (Lipinski definition) is 1. The van der Waals surface area contributed by atoms with E-state index in [1.807, 2.05) is 6.20 Å². The minimum atomic E-state index is -0.0116. The van der Waals surface area contributed by atoms with Crippen molar-refractivity contribution in [2.24, 2.45) is 11.8 Å². The van der Waals surface area contributed by atoms with Gasteiger partial charge in [0.25, 0.3) is 0 Å². The van der Waals surface area contributed by atoms with Crippen LogP contribution in [-0.2, 0) is 0 Å².